The van der Waals surface area contributed by atoms with Crippen LogP contribution in [0.5, 0.6) is 5.75 Å². The van der Waals surface area contributed by atoms with Crippen molar-refractivity contribution >= 4 is 23.2 Å². The summed E-state index contributed by atoms with van der Waals surface area (Å²) in [5.74, 6) is 0.494. The highest BCUT2D eigenvalue weighted by atomic mass is 16.5. The Bertz CT molecular complexity index is 803. The standard InChI is InChI=1S/C21H25N3O3/c1-2-22-13-15-5-3-6-17(11-15)23-20(25)14-27-19-8-4-7-18(12-19)24-21(26)16-9-10-16/h3-8,11-12,16,22H,2,9-10,13-14H2,1H3,(H,23,25)(H,24,26). The molecule has 0 aromatic heterocycles. The van der Waals surface area contributed by atoms with Gasteiger partial charge in [0.1, 0.15) is 5.75 Å². The van der Waals surface area contributed by atoms with E-state index in [1.807, 2.05) is 30.3 Å². The lowest BCUT2D eigenvalue weighted by molar-refractivity contribution is -0.118. The number of ether oxygens (including phenoxy) is 1. The molecule has 1 aliphatic carbocycles. The second-order valence-electron chi connectivity index (χ2n) is 6.61. The summed E-state index contributed by atoms with van der Waals surface area (Å²) in [6, 6.07) is 14.8. The summed E-state index contributed by atoms with van der Waals surface area (Å²) in [5, 5.41) is 8.96. The van der Waals surface area contributed by atoms with Gasteiger partial charge in [-0.2, -0.15) is 0 Å². The summed E-state index contributed by atoms with van der Waals surface area (Å²) in [7, 11) is 0. The van der Waals surface area contributed by atoms with Gasteiger partial charge in [-0.3, -0.25) is 9.59 Å². The highest BCUT2D eigenvalue weighted by Gasteiger charge is 2.29. The van der Waals surface area contributed by atoms with E-state index in [4.69, 9.17) is 4.74 Å². The zero-order valence-electron chi connectivity index (χ0n) is 15.5. The summed E-state index contributed by atoms with van der Waals surface area (Å²) in [6.07, 6.45) is 1.91. The van der Waals surface area contributed by atoms with Crippen molar-refractivity contribution < 1.29 is 14.3 Å². The van der Waals surface area contributed by atoms with Crippen LogP contribution in [0, 0.1) is 5.92 Å². The lowest BCUT2D eigenvalue weighted by Crippen LogP contribution is -2.20. The maximum atomic E-state index is 12.1. The maximum absolute atomic E-state index is 12.1. The lowest BCUT2D eigenvalue weighted by Gasteiger charge is -2.10. The van der Waals surface area contributed by atoms with Crippen LogP contribution >= 0.6 is 0 Å². The molecule has 0 bridgehead atoms. The monoisotopic (exact) mass is 367 g/mol. The first-order valence-corrected chi connectivity index (χ1v) is 9.27. The molecule has 0 spiro atoms. The minimum atomic E-state index is -0.233. The fraction of sp³-hybridized carbons (Fsp3) is 0.333. The molecule has 6 nitrogen and oxygen atoms in total. The largest absolute Gasteiger partial charge is 0.484 e. The van der Waals surface area contributed by atoms with E-state index in [0.29, 0.717) is 11.4 Å². The van der Waals surface area contributed by atoms with E-state index in [1.54, 1.807) is 18.2 Å². The Morgan fingerprint density at radius 3 is 2.52 bits per heavy atom. The molecule has 3 N–H and O–H groups in total. The quantitative estimate of drug-likeness (QED) is 0.636. The molecule has 0 saturated heterocycles. The first-order valence-electron chi connectivity index (χ1n) is 9.27. The second kappa shape index (κ2) is 9.19. The summed E-state index contributed by atoms with van der Waals surface area (Å²) in [4.78, 5) is 24.0. The molecule has 0 atom stereocenters. The SMILES string of the molecule is CCNCc1cccc(NC(=O)COc2cccc(NC(=O)C3CC3)c2)c1. The predicted octanol–water partition coefficient (Wildman–Crippen LogP) is 3.16. The van der Waals surface area contributed by atoms with Gasteiger partial charge >= 0.3 is 0 Å². The fourth-order valence-corrected chi connectivity index (χ4v) is 2.63. The van der Waals surface area contributed by atoms with Crippen LogP contribution in [-0.4, -0.2) is 25.0 Å². The zero-order chi connectivity index (χ0) is 19.1. The first kappa shape index (κ1) is 18.9. The molecule has 1 saturated carbocycles. The first-order chi connectivity index (χ1) is 13.1. The van der Waals surface area contributed by atoms with Crippen molar-refractivity contribution in [3.05, 3.63) is 54.1 Å². The highest BCUT2D eigenvalue weighted by Crippen LogP contribution is 2.30. The number of carbonyl (C=O) groups excluding carboxylic acids is 2. The number of benzene rings is 2. The van der Waals surface area contributed by atoms with Crippen LogP contribution in [0.1, 0.15) is 25.3 Å². The van der Waals surface area contributed by atoms with Gasteiger partial charge in [0.05, 0.1) is 0 Å². The average Bonchev–Trinajstić information content (AvgIpc) is 3.51. The van der Waals surface area contributed by atoms with Crippen LogP contribution < -0.4 is 20.7 Å². The molecule has 2 amide bonds. The third-order valence-electron chi connectivity index (χ3n) is 4.21. The van der Waals surface area contributed by atoms with E-state index >= 15 is 0 Å². The number of carbonyl (C=O) groups is 2. The minimum absolute atomic E-state index is 0.0438. The summed E-state index contributed by atoms with van der Waals surface area (Å²) < 4.78 is 5.56. The molecule has 2 aromatic carbocycles. The Morgan fingerprint density at radius 1 is 1.04 bits per heavy atom. The molecule has 6 heteroatoms. The van der Waals surface area contributed by atoms with Crippen LogP contribution in [0.25, 0.3) is 0 Å². The van der Waals surface area contributed by atoms with Gasteiger partial charge < -0.3 is 20.7 Å². The molecule has 142 valence electrons. The van der Waals surface area contributed by atoms with Crippen LogP contribution in [-0.2, 0) is 16.1 Å². The van der Waals surface area contributed by atoms with Crippen LogP contribution in [0.4, 0.5) is 11.4 Å². The van der Waals surface area contributed by atoms with Crippen molar-refractivity contribution in [1.82, 2.24) is 5.32 Å². The zero-order valence-corrected chi connectivity index (χ0v) is 15.5. The number of anilines is 2. The van der Waals surface area contributed by atoms with Gasteiger partial charge in [-0.1, -0.05) is 25.1 Å². The molecule has 1 aliphatic rings. The molecule has 0 aliphatic heterocycles. The van der Waals surface area contributed by atoms with E-state index in [2.05, 4.69) is 22.9 Å². The highest BCUT2D eigenvalue weighted by molar-refractivity contribution is 5.94. The molecule has 3 rings (SSSR count). The number of hydrogen-bond acceptors (Lipinski definition) is 4. The molecule has 0 radical (unpaired) electrons. The third-order valence-corrected chi connectivity index (χ3v) is 4.21. The van der Waals surface area contributed by atoms with E-state index in [0.717, 1.165) is 37.2 Å². The third kappa shape index (κ3) is 6.11. The molecule has 0 heterocycles. The van der Waals surface area contributed by atoms with Crippen molar-refractivity contribution in [1.29, 1.82) is 0 Å². The van der Waals surface area contributed by atoms with Crippen molar-refractivity contribution in [3.63, 3.8) is 0 Å². The van der Waals surface area contributed by atoms with Gasteiger partial charge in [-0.25, -0.2) is 0 Å². The summed E-state index contributed by atoms with van der Waals surface area (Å²) in [5.41, 5.74) is 2.53. The van der Waals surface area contributed by atoms with Gasteiger partial charge in [0.15, 0.2) is 6.61 Å². The van der Waals surface area contributed by atoms with Gasteiger partial charge in [0, 0.05) is 29.9 Å². The Kier molecular flexibility index (Phi) is 6.44. The van der Waals surface area contributed by atoms with Crippen molar-refractivity contribution in [2.45, 2.75) is 26.3 Å². The number of amides is 2. The average molecular weight is 367 g/mol. The van der Waals surface area contributed by atoms with Gasteiger partial charge in [-0.15, -0.1) is 0 Å². The van der Waals surface area contributed by atoms with Crippen molar-refractivity contribution in [3.8, 4) is 5.75 Å². The number of hydrogen-bond donors (Lipinski definition) is 3. The van der Waals surface area contributed by atoms with E-state index in [9.17, 15) is 9.59 Å². The normalized spacial score (nSPS) is 13.1. The molecular formula is C21H25N3O3. The Morgan fingerprint density at radius 2 is 1.78 bits per heavy atom. The molecule has 2 aromatic rings. The summed E-state index contributed by atoms with van der Waals surface area (Å²) in [6.45, 7) is 3.60. The maximum Gasteiger partial charge on any atom is 0.262 e. The van der Waals surface area contributed by atoms with E-state index in [-0.39, 0.29) is 24.3 Å². The predicted molar refractivity (Wildman–Crippen MR) is 106 cm³/mol. The lowest BCUT2D eigenvalue weighted by atomic mass is 10.2. The fourth-order valence-electron chi connectivity index (χ4n) is 2.63. The summed E-state index contributed by atoms with van der Waals surface area (Å²) >= 11 is 0. The molecule has 27 heavy (non-hydrogen) atoms. The molecular weight excluding hydrogens is 342 g/mol. The van der Waals surface area contributed by atoms with Crippen LogP contribution in [0.15, 0.2) is 48.5 Å². The topological polar surface area (TPSA) is 79.5 Å². The van der Waals surface area contributed by atoms with Gasteiger partial charge in [0.25, 0.3) is 5.91 Å². The molecule has 0 unspecified atom stereocenters. The Balaban J connectivity index is 1.49. The minimum Gasteiger partial charge on any atom is -0.484 e. The van der Waals surface area contributed by atoms with Crippen LogP contribution in [0.3, 0.4) is 0 Å². The van der Waals surface area contributed by atoms with Gasteiger partial charge in [-0.05, 0) is 49.2 Å². The van der Waals surface area contributed by atoms with Gasteiger partial charge in [0.2, 0.25) is 5.91 Å². The van der Waals surface area contributed by atoms with E-state index < -0.39 is 0 Å². The smallest absolute Gasteiger partial charge is 0.262 e. The van der Waals surface area contributed by atoms with Crippen molar-refractivity contribution in [2.24, 2.45) is 5.92 Å². The number of nitrogens with one attached hydrogen (secondary N) is 3. The number of rotatable bonds is 9. The molecule has 1 fully saturated rings. The van der Waals surface area contributed by atoms with Crippen LogP contribution in [0.2, 0.25) is 0 Å². The second-order valence-corrected chi connectivity index (χ2v) is 6.61. The Labute approximate surface area is 159 Å². The van der Waals surface area contributed by atoms with Crippen molar-refractivity contribution in [2.75, 3.05) is 23.8 Å². The van der Waals surface area contributed by atoms with E-state index in [1.165, 1.54) is 0 Å². The Hall–Kier alpha value is -2.86.